The fraction of sp³-hybridized carbons (Fsp3) is 0.154. The van der Waals surface area contributed by atoms with Gasteiger partial charge in [-0.3, -0.25) is 0 Å². The van der Waals surface area contributed by atoms with E-state index in [4.69, 9.17) is 10.9 Å². The van der Waals surface area contributed by atoms with Crippen LogP contribution in [0.2, 0.25) is 0 Å². The number of hydrogen-bond acceptors (Lipinski definition) is 5. The van der Waals surface area contributed by atoms with Crippen LogP contribution < -0.4 is 10.6 Å². The number of aryl methyl sites for hydroxylation is 1. The van der Waals surface area contributed by atoms with Gasteiger partial charge in [0.15, 0.2) is 5.84 Å². The first kappa shape index (κ1) is 12.8. The molecular weight excluding hydrogens is 242 g/mol. The molecular formula is C13H15N5O. The summed E-state index contributed by atoms with van der Waals surface area (Å²) < 4.78 is 0. The van der Waals surface area contributed by atoms with Crippen LogP contribution in [-0.4, -0.2) is 28.1 Å². The van der Waals surface area contributed by atoms with Crippen LogP contribution in [0.5, 0.6) is 0 Å². The quantitative estimate of drug-likeness (QED) is 0.378. The fourth-order valence-electron chi connectivity index (χ4n) is 1.78. The summed E-state index contributed by atoms with van der Waals surface area (Å²) in [5.41, 5.74) is 8.00. The van der Waals surface area contributed by atoms with E-state index in [9.17, 15) is 0 Å². The molecule has 0 amide bonds. The van der Waals surface area contributed by atoms with Crippen LogP contribution in [-0.2, 0) is 0 Å². The molecule has 0 aliphatic carbocycles. The summed E-state index contributed by atoms with van der Waals surface area (Å²) in [6.45, 7) is 1.90. The fourth-order valence-corrected chi connectivity index (χ4v) is 1.78. The van der Waals surface area contributed by atoms with E-state index < -0.39 is 0 Å². The number of rotatable bonds is 3. The average molecular weight is 257 g/mol. The Morgan fingerprint density at radius 2 is 2.05 bits per heavy atom. The highest BCUT2D eigenvalue weighted by Crippen LogP contribution is 2.25. The van der Waals surface area contributed by atoms with Crippen molar-refractivity contribution in [3.8, 4) is 0 Å². The van der Waals surface area contributed by atoms with Crippen LogP contribution in [0.25, 0.3) is 0 Å². The van der Waals surface area contributed by atoms with Gasteiger partial charge in [-0.05, 0) is 19.1 Å². The molecule has 2 aromatic rings. The van der Waals surface area contributed by atoms with E-state index in [0.29, 0.717) is 5.56 Å². The lowest BCUT2D eigenvalue weighted by atomic mass is 10.1. The number of oxime groups is 1. The first-order chi connectivity index (χ1) is 9.13. The minimum absolute atomic E-state index is 0.0632. The molecule has 0 radical (unpaired) electrons. The van der Waals surface area contributed by atoms with Crippen molar-refractivity contribution in [1.29, 1.82) is 0 Å². The third-order valence-corrected chi connectivity index (χ3v) is 2.78. The molecule has 3 N–H and O–H groups in total. The normalized spacial score (nSPS) is 11.4. The van der Waals surface area contributed by atoms with E-state index in [2.05, 4.69) is 15.1 Å². The summed E-state index contributed by atoms with van der Waals surface area (Å²) in [5, 5.41) is 11.9. The van der Waals surface area contributed by atoms with E-state index in [1.54, 1.807) is 6.07 Å². The molecule has 0 saturated carbocycles. The molecule has 0 aliphatic rings. The van der Waals surface area contributed by atoms with Crippen molar-refractivity contribution in [1.82, 2.24) is 9.97 Å². The Balaban J connectivity index is 2.47. The van der Waals surface area contributed by atoms with Crippen LogP contribution in [0.1, 0.15) is 11.3 Å². The number of amidine groups is 1. The molecule has 6 nitrogen and oxygen atoms in total. The van der Waals surface area contributed by atoms with Crippen molar-refractivity contribution in [2.75, 3.05) is 11.9 Å². The lowest BCUT2D eigenvalue weighted by Gasteiger charge is -2.21. The van der Waals surface area contributed by atoms with Crippen LogP contribution in [0.15, 0.2) is 41.8 Å². The highest BCUT2D eigenvalue weighted by atomic mass is 16.4. The zero-order valence-electron chi connectivity index (χ0n) is 10.8. The van der Waals surface area contributed by atoms with Gasteiger partial charge in [0.1, 0.15) is 12.1 Å². The predicted octanol–water partition coefficient (Wildman–Crippen LogP) is 1.65. The highest BCUT2D eigenvalue weighted by molar-refractivity contribution is 6.02. The van der Waals surface area contributed by atoms with Crippen molar-refractivity contribution < 1.29 is 5.21 Å². The molecule has 1 aromatic heterocycles. The number of hydrogen-bond donors (Lipinski definition) is 2. The molecule has 2 rings (SSSR count). The minimum Gasteiger partial charge on any atom is -0.409 e. The highest BCUT2D eigenvalue weighted by Gasteiger charge is 2.12. The molecule has 0 spiro atoms. The van der Waals surface area contributed by atoms with E-state index in [0.717, 1.165) is 17.2 Å². The second kappa shape index (κ2) is 5.34. The summed E-state index contributed by atoms with van der Waals surface area (Å²) in [5.74, 6) is 0.805. The largest absolute Gasteiger partial charge is 0.409 e. The second-order valence-corrected chi connectivity index (χ2v) is 4.08. The third kappa shape index (κ3) is 2.62. The maximum atomic E-state index is 8.83. The maximum absolute atomic E-state index is 8.83. The molecule has 0 fully saturated rings. The monoisotopic (exact) mass is 257 g/mol. The molecule has 0 aliphatic heterocycles. The van der Waals surface area contributed by atoms with Crippen LogP contribution >= 0.6 is 0 Å². The number of para-hydroxylation sites is 1. The molecule has 19 heavy (non-hydrogen) atoms. The average Bonchev–Trinajstić information content (AvgIpc) is 2.45. The van der Waals surface area contributed by atoms with Gasteiger partial charge in [0.05, 0.1) is 5.69 Å². The second-order valence-electron chi connectivity index (χ2n) is 4.08. The third-order valence-electron chi connectivity index (χ3n) is 2.78. The van der Waals surface area contributed by atoms with Gasteiger partial charge in [0.2, 0.25) is 0 Å². The van der Waals surface area contributed by atoms with Gasteiger partial charge in [-0.25, -0.2) is 9.97 Å². The summed E-state index contributed by atoms with van der Waals surface area (Å²) in [7, 11) is 1.87. The summed E-state index contributed by atoms with van der Waals surface area (Å²) in [4.78, 5) is 10.1. The molecule has 1 heterocycles. The van der Waals surface area contributed by atoms with Crippen molar-refractivity contribution in [3.63, 3.8) is 0 Å². The first-order valence-corrected chi connectivity index (χ1v) is 5.73. The van der Waals surface area contributed by atoms with Gasteiger partial charge < -0.3 is 15.8 Å². The Kier molecular flexibility index (Phi) is 3.61. The van der Waals surface area contributed by atoms with E-state index in [1.807, 2.05) is 43.1 Å². The molecule has 6 heteroatoms. The number of nitrogens with zero attached hydrogens (tertiary/aromatic N) is 4. The number of nitrogens with two attached hydrogens (primary N) is 1. The number of aromatic nitrogens is 2. The Labute approximate surface area is 111 Å². The number of anilines is 2. The van der Waals surface area contributed by atoms with Crippen LogP contribution in [0.3, 0.4) is 0 Å². The predicted molar refractivity (Wildman–Crippen MR) is 73.8 cm³/mol. The van der Waals surface area contributed by atoms with Gasteiger partial charge in [-0.15, -0.1) is 0 Å². The Morgan fingerprint density at radius 3 is 2.74 bits per heavy atom. The van der Waals surface area contributed by atoms with Crippen LogP contribution in [0, 0.1) is 6.92 Å². The van der Waals surface area contributed by atoms with Crippen molar-refractivity contribution >= 4 is 17.3 Å². The standard InChI is InChI=1S/C13H15N5O/c1-9-7-12(16-8-15-9)18(2)11-6-4-3-5-10(11)13(14)17-19/h3-8,19H,1-2H3,(H2,14,17). The zero-order valence-corrected chi connectivity index (χ0v) is 10.8. The molecule has 0 bridgehead atoms. The smallest absolute Gasteiger partial charge is 0.172 e. The Morgan fingerprint density at radius 1 is 1.32 bits per heavy atom. The van der Waals surface area contributed by atoms with Crippen molar-refractivity contribution in [3.05, 3.63) is 47.9 Å². The molecule has 0 saturated heterocycles. The lowest BCUT2D eigenvalue weighted by molar-refractivity contribution is 0.318. The summed E-state index contributed by atoms with van der Waals surface area (Å²) in [6.07, 6.45) is 1.51. The summed E-state index contributed by atoms with van der Waals surface area (Å²) >= 11 is 0. The van der Waals surface area contributed by atoms with Gasteiger partial charge in [-0.2, -0.15) is 0 Å². The van der Waals surface area contributed by atoms with Crippen molar-refractivity contribution in [2.45, 2.75) is 6.92 Å². The topological polar surface area (TPSA) is 87.6 Å². The SMILES string of the molecule is Cc1cc(N(C)c2ccccc2C(N)=NO)ncn1. The summed E-state index contributed by atoms with van der Waals surface area (Å²) in [6, 6.07) is 9.24. The van der Waals surface area contributed by atoms with Gasteiger partial charge in [-0.1, -0.05) is 17.3 Å². The Bertz CT molecular complexity index is 611. The molecule has 0 unspecified atom stereocenters. The van der Waals surface area contributed by atoms with Gasteiger partial charge in [0.25, 0.3) is 0 Å². The zero-order chi connectivity index (χ0) is 13.8. The molecule has 98 valence electrons. The first-order valence-electron chi connectivity index (χ1n) is 5.73. The van der Waals surface area contributed by atoms with E-state index in [-0.39, 0.29) is 5.84 Å². The Hall–Kier alpha value is -2.63. The minimum atomic E-state index is 0.0632. The molecule has 1 aromatic carbocycles. The lowest BCUT2D eigenvalue weighted by Crippen LogP contribution is -2.20. The van der Waals surface area contributed by atoms with Crippen molar-refractivity contribution in [2.24, 2.45) is 10.9 Å². The van der Waals surface area contributed by atoms with E-state index >= 15 is 0 Å². The van der Waals surface area contributed by atoms with Gasteiger partial charge >= 0.3 is 0 Å². The van der Waals surface area contributed by atoms with E-state index in [1.165, 1.54) is 6.33 Å². The molecule has 0 atom stereocenters. The maximum Gasteiger partial charge on any atom is 0.172 e. The van der Waals surface area contributed by atoms with Crippen LogP contribution in [0.4, 0.5) is 11.5 Å². The van der Waals surface area contributed by atoms with Gasteiger partial charge in [0, 0.05) is 24.4 Å². The number of benzene rings is 1.